The second-order valence-electron chi connectivity index (χ2n) is 4.17. The summed E-state index contributed by atoms with van der Waals surface area (Å²) < 4.78 is 0. The lowest BCUT2D eigenvalue weighted by molar-refractivity contribution is -0.130. The van der Waals surface area contributed by atoms with E-state index in [1.807, 2.05) is 0 Å². The molecule has 104 valence electrons. The van der Waals surface area contributed by atoms with Gasteiger partial charge in [0.15, 0.2) is 10.9 Å². The average Bonchev–Trinajstić information content (AvgIpc) is 2.43. The predicted octanol–water partition coefficient (Wildman–Crippen LogP) is 1.68. The number of aliphatic hydroxyl groups excluding tert-OH is 1. The van der Waals surface area contributed by atoms with Crippen molar-refractivity contribution in [2.75, 3.05) is 12.3 Å². The Hall–Kier alpha value is -1.17. The molecule has 0 saturated heterocycles. The van der Waals surface area contributed by atoms with E-state index in [1.165, 1.54) is 0 Å². The standard InChI is InChI=1S/C14H19NO3S/c15-8-4-5-9-19-13(17)10-12(16)14(18)11-6-2-1-3-7-11/h1-3,6-7,14,18H,4-5,8-10,15H2. The zero-order valence-electron chi connectivity index (χ0n) is 10.7. The molecule has 1 atom stereocenters. The van der Waals surface area contributed by atoms with Gasteiger partial charge in [0.25, 0.3) is 0 Å². The summed E-state index contributed by atoms with van der Waals surface area (Å²) in [5.41, 5.74) is 5.87. The van der Waals surface area contributed by atoms with Crippen LogP contribution in [0.15, 0.2) is 30.3 Å². The van der Waals surface area contributed by atoms with Crippen molar-refractivity contribution < 1.29 is 14.7 Å². The van der Waals surface area contributed by atoms with Crippen molar-refractivity contribution >= 4 is 22.7 Å². The molecule has 0 aromatic heterocycles. The van der Waals surface area contributed by atoms with Crippen molar-refractivity contribution in [1.82, 2.24) is 0 Å². The maximum atomic E-state index is 11.7. The first kappa shape index (κ1) is 15.9. The lowest BCUT2D eigenvalue weighted by Gasteiger charge is -2.09. The van der Waals surface area contributed by atoms with Crippen molar-refractivity contribution in [1.29, 1.82) is 0 Å². The molecule has 4 nitrogen and oxygen atoms in total. The summed E-state index contributed by atoms with van der Waals surface area (Å²) in [5.74, 6) is 0.215. The largest absolute Gasteiger partial charge is 0.381 e. The van der Waals surface area contributed by atoms with Crippen LogP contribution in [0.4, 0.5) is 0 Å². The first-order valence-electron chi connectivity index (χ1n) is 6.26. The highest BCUT2D eigenvalue weighted by molar-refractivity contribution is 8.13. The lowest BCUT2D eigenvalue weighted by atomic mass is 10.0. The van der Waals surface area contributed by atoms with Crippen molar-refractivity contribution in [2.45, 2.75) is 25.4 Å². The van der Waals surface area contributed by atoms with Crippen LogP contribution in [0, 0.1) is 0 Å². The molecule has 1 aromatic carbocycles. The van der Waals surface area contributed by atoms with Crippen molar-refractivity contribution in [3.8, 4) is 0 Å². The molecule has 1 unspecified atom stereocenters. The molecule has 0 bridgehead atoms. The monoisotopic (exact) mass is 281 g/mol. The fourth-order valence-electron chi connectivity index (χ4n) is 1.54. The van der Waals surface area contributed by atoms with Gasteiger partial charge in [-0.25, -0.2) is 0 Å². The maximum absolute atomic E-state index is 11.7. The first-order valence-corrected chi connectivity index (χ1v) is 7.25. The predicted molar refractivity (Wildman–Crippen MR) is 76.8 cm³/mol. The molecular formula is C14H19NO3S. The minimum absolute atomic E-state index is 0.197. The fourth-order valence-corrected chi connectivity index (χ4v) is 2.36. The van der Waals surface area contributed by atoms with Crippen LogP contribution in [-0.2, 0) is 9.59 Å². The molecule has 0 saturated carbocycles. The smallest absolute Gasteiger partial charge is 0.196 e. The molecule has 0 aliphatic heterocycles. The van der Waals surface area contributed by atoms with E-state index in [-0.39, 0.29) is 11.5 Å². The summed E-state index contributed by atoms with van der Waals surface area (Å²) in [7, 11) is 0. The first-order chi connectivity index (χ1) is 9.15. The number of benzene rings is 1. The summed E-state index contributed by atoms with van der Waals surface area (Å²) in [6.45, 7) is 0.612. The van der Waals surface area contributed by atoms with E-state index < -0.39 is 11.9 Å². The SMILES string of the molecule is NCCCCSC(=O)CC(=O)C(O)c1ccccc1. The summed E-state index contributed by atoms with van der Waals surface area (Å²) >= 11 is 1.13. The number of ketones is 1. The molecule has 1 aromatic rings. The van der Waals surface area contributed by atoms with Gasteiger partial charge in [-0.3, -0.25) is 9.59 Å². The quantitative estimate of drug-likeness (QED) is 0.560. The van der Waals surface area contributed by atoms with Gasteiger partial charge in [-0.15, -0.1) is 0 Å². The van der Waals surface area contributed by atoms with E-state index in [4.69, 9.17) is 5.73 Å². The Morgan fingerprint density at radius 1 is 1.21 bits per heavy atom. The van der Waals surface area contributed by atoms with Gasteiger partial charge in [0.1, 0.15) is 6.10 Å². The van der Waals surface area contributed by atoms with Crippen LogP contribution in [0.1, 0.15) is 30.9 Å². The summed E-state index contributed by atoms with van der Waals surface area (Å²) in [4.78, 5) is 23.3. The topological polar surface area (TPSA) is 80.4 Å². The summed E-state index contributed by atoms with van der Waals surface area (Å²) in [5, 5.41) is 9.62. The number of hydrogen-bond donors (Lipinski definition) is 2. The maximum Gasteiger partial charge on any atom is 0.196 e. The molecule has 19 heavy (non-hydrogen) atoms. The van der Waals surface area contributed by atoms with Gasteiger partial charge in [-0.2, -0.15) is 0 Å². The second-order valence-corrected chi connectivity index (χ2v) is 5.32. The van der Waals surface area contributed by atoms with Crippen LogP contribution in [0.2, 0.25) is 0 Å². The molecule has 3 N–H and O–H groups in total. The molecule has 0 heterocycles. The van der Waals surface area contributed by atoms with E-state index in [0.29, 0.717) is 17.9 Å². The molecule has 0 amide bonds. The number of aliphatic hydroxyl groups is 1. The molecule has 0 aliphatic carbocycles. The van der Waals surface area contributed by atoms with Gasteiger partial charge in [0, 0.05) is 5.75 Å². The number of thioether (sulfide) groups is 1. The van der Waals surface area contributed by atoms with E-state index >= 15 is 0 Å². The molecule has 0 aliphatic rings. The van der Waals surface area contributed by atoms with Crippen LogP contribution in [0.25, 0.3) is 0 Å². The summed E-state index contributed by atoms with van der Waals surface area (Å²) in [6.07, 6.45) is 0.293. The Labute approximate surface area is 117 Å². The Bertz CT molecular complexity index is 408. The number of rotatable bonds is 8. The Morgan fingerprint density at radius 2 is 1.89 bits per heavy atom. The molecular weight excluding hydrogens is 262 g/mol. The van der Waals surface area contributed by atoms with E-state index in [0.717, 1.165) is 24.6 Å². The molecule has 0 radical (unpaired) electrons. The van der Waals surface area contributed by atoms with Gasteiger partial charge in [0.05, 0.1) is 6.42 Å². The number of Topliss-reactive ketones (excluding diaryl/α,β-unsaturated/α-hetero) is 1. The van der Waals surface area contributed by atoms with Crippen LogP contribution in [0.5, 0.6) is 0 Å². The zero-order chi connectivity index (χ0) is 14.1. The van der Waals surface area contributed by atoms with E-state index in [9.17, 15) is 14.7 Å². The van der Waals surface area contributed by atoms with Gasteiger partial charge < -0.3 is 10.8 Å². The van der Waals surface area contributed by atoms with Crippen molar-refractivity contribution in [3.63, 3.8) is 0 Å². The number of carbonyl (C=O) groups excluding carboxylic acids is 2. The van der Waals surface area contributed by atoms with Gasteiger partial charge >= 0.3 is 0 Å². The zero-order valence-corrected chi connectivity index (χ0v) is 11.6. The molecule has 0 spiro atoms. The highest BCUT2D eigenvalue weighted by atomic mass is 32.2. The van der Waals surface area contributed by atoms with Crippen molar-refractivity contribution in [3.05, 3.63) is 35.9 Å². The van der Waals surface area contributed by atoms with Crippen LogP contribution < -0.4 is 5.73 Å². The van der Waals surface area contributed by atoms with Gasteiger partial charge in [0.2, 0.25) is 0 Å². The van der Waals surface area contributed by atoms with E-state index in [2.05, 4.69) is 0 Å². The normalized spacial score (nSPS) is 12.1. The third-order valence-electron chi connectivity index (χ3n) is 2.60. The molecule has 0 fully saturated rings. The highest BCUT2D eigenvalue weighted by Gasteiger charge is 2.20. The Morgan fingerprint density at radius 3 is 2.53 bits per heavy atom. The number of nitrogens with two attached hydrogens (primary N) is 1. The summed E-state index contributed by atoms with van der Waals surface area (Å²) in [6, 6.07) is 8.63. The van der Waals surface area contributed by atoms with Gasteiger partial charge in [-0.05, 0) is 24.9 Å². The van der Waals surface area contributed by atoms with Crippen molar-refractivity contribution in [2.24, 2.45) is 5.73 Å². The fraction of sp³-hybridized carbons (Fsp3) is 0.429. The van der Waals surface area contributed by atoms with Gasteiger partial charge in [-0.1, -0.05) is 42.1 Å². The Kier molecular flexibility index (Phi) is 7.40. The minimum Gasteiger partial charge on any atom is -0.381 e. The minimum atomic E-state index is -1.21. The highest BCUT2D eigenvalue weighted by Crippen LogP contribution is 2.17. The number of unbranched alkanes of at least 4 members (excludes halogenated alkanes) is 1. The molecule has 5 heteroatoms. The van der Waals surface area contributed by atoms with Crippen LogP contribution >= 0.6 is 11.8 Å². The number of carbonyl (C=O) groups is 2. The lowest BCUT2D eigenvalue weighted by Crippen LogP contribution is -2.15. The third kappa shape index (κ3) is 6.00. The average molecular weight is 281 g/mol. The third-order valence-corrected chi connectivity index (χ3v) is 3.56. The van der Waals surface area contributed by atoms with Crippen LogP contribution in [-0.4, -0.2) is 28.3 Å². The van der Waals surface area contributed by atoms with Crippen LogP contribution in [0.3, 0.4) is 0 Å². The Balaban J connectivity index is 2.36. The van der Waals surface area contributed by atoms with E-state index in [1.54, 1.807) is 30.3 Å². The number of hydrogen-bond acceptors (Lipinski definition) is 5. The molecule has 1 rings (SSSR count). The second kappa shape index (κ2) is 8.85.